The van der Waals surface area contributed by atoms with Crippen molar-refractivity contribution in [3.63, 3.8) is 0 Å². The number of carbonyl (C=O) groups is 2. The summed E-state index contributed by atoms with van der Waals surface area (Å²) in [6.07, 6.45) is 9.91. The first-order valence-electron chi connectivity index (χ1n) is 9.88. The van der Waals surface area contributed by atoms with Crippen molar-refractivity contribution in [2.24, 2.45) is 22.7 Å². The average Bonchev–Trinajstić information content (AvgIpc) is 2.93. The number of hydrogen-bond acceptors (Lipinski definition) is 3. The number of ketones is 1. The van der Waals surface area contributed by atoms with Gasteiger partial charge in [-0.15, -0.1) is 0 Å². The second-order valence-corrected chi connectivity index (χ2v) is 9.38. The second-order valence-electron chi connectivity index (χ2n) is 9.38. The summed E-state index contributed by atoms with van der Waals surface area (Å²) < 4.78 is 0. The molecule has 3 nitrogen and oxygen atoms in total. The third-order valence-corrected chi connectivity index (χ3v) is 8.59. The quantitative estimate of drug-likeness (QED) is 0.575. The van der Waals surface area contributed by atoms with Crippen molar-refractivity contribution in [1.82, 2.24) is 0 Å². The molecule has 0 bridgehead atoms. The largest absolute Gasteiger partial charge is 0.389 e. The normalized spacial score (nSPS) is 48.2. The molecule has 3 heteroatoms. The molecular weight excluding hydrogens is 312 g/mol. The van der Waals surface area contributed by atoms with E-state index < -0.39 is 5.60 Å². The lowest BCUT2D eigenvalue weighted by Crippen LogP contribution is -2.62. The monoisotopic (exact) mass is 342 g/mol. The Morgan fingerprint density at radius 1 is 1.12 bits per heavy atom. The van der Waals surface area contributed by atoms with Gasteiger partial charge < -0.3 is 5.11 Å². The lowest BCUT2D eigenvalue weighted by Gasteiger charge is -2.62. The second kappa shape index (κ2) is 5.39. The molecule has 1 unspecified atom stereocenters. The zero-order valence-corrected chi connectivity index (χ0v) is 15.7. The van der Waals surface area contributed by atoms with Crippen LogP contribution in [0.25, 0.3) is 0 Å². The van der Waals surface area contributed by atoms with Gasteiger partial charge in [-0.3, -0.25) is 9.59 Å². The molecular formula is C22H30O3. The van der Waals surface area contributed by atoms with E-state index in [0.717, 1.165) is 56.8 Å². The highest BCUT2D eigenvalue weighted by molar-refractivity contribution is 5.91. The molecule has 0 amide bonds. The molecule has 3 saturated carbocycles. The van der Waals surface area contributed by atoms with E-state index in [1.807, 2.05) is 13.0 Å². The van der Waals surface area contributed by atoms with E-state index in [9.17, 15) is 14.7 Å². The molecule has 0 spiro atoms. The molecule has 136 valence electrons. The van der Waals surface area contributed by atoms with Gasteiger partial charge in [0.15, 0.2) is 5.78 Å². The third-order valence-electron chi connectivity index (χ3n) is 8.59. The average molecular weight is 342 g/mol. The van der Waals surface area contributed by atoms with Crippen LogP contribution in [0.3, 0.4) is 0 Å². The molecule has 5 atom stereocenters. The molecule has 4 rings (SSSR count). The van der Waals surface area contributed by atoms with Crippen molar-refractivity contribution in [2.75, 3.05) is 0 Å². The van der Waals surface area contributed by atoms with Gasteiger partial charge in [-0.1, -0.05) is 25.0 Å². The number of aldehydes is 1. The minimum Gasteiger partial charge on any atom is -0.389 e. The van der Waals surface area contributed by atoms with Gasteiger partial charge in [0.05, 0.1) is 5.60 Å². The van der Waals surface area contributed by atoms with E-state index >= 15 is 0 Å². The van der Waals surface area contributed by atoms with E-state index in [0.29, 0.717) is 12.3 Å². The lowest BCUT2D eigenvalue weighted by molar-refractivity contribution is -0.183. The molecule has 0 aromatic carbocycles. The zero-order valence-electron chi connectivity index (χ0n) is 15.7. The predicted molar refractivity (Wildman–Crippen MR) is 96.9 cm³/mol. The van der Waals surface area contributed by atoms with Crippen LogP contribution in [0.2, 0.25) is 0 Å². The zero-order chi connectivity index (χ0) is 18.0. The van der Waals surface area contributed by atoms with Crippen LogP contribution in [-0.4, -0.2) is 22.8 Å². The van der Waals surface area contributed by atoms with Gasteiger partial charge >= 0.3 is 0 Å². The van der Waals surface area contributed by atoms with Gasteiger partial charge in [0.25, 0.3) is 0 Å². The van der Waals surface area contributed by atoms with E-state index in [1.54, 1.807) is 0 Å². The molecule has 0 radical (unpaired) electrons. The minimum atomic E-state index is -0.702. The topological polar surface area (TPSA) is 54.4 Å². The molecule has 25 heavy (non-hydrogen) atoms. The number of hydrogen-bond donors (Lipinski definition) is 1. The first kappa shape index (κ1) is 17.2. The fourth-order valence-corrected chi connectivity index (χ4v) is 7.03. The van der Waals surface area contributed by atoms with Crippen molar-refractivity contribution in [1.29, 1.82) is 0 Å². The molecule has 0 saturated heterocycles. The van der Waals surface area contributed by atoms with Crippen LogP contribution in [0.15, 0.2) is 22.8 Å². The van der Waals surface area contributed by atoms with Crippen LogP contribution in [0, 0.1) is 22.7 Å². The first-order valence-corrected chi connectivity index (χ1v) is 9.88. The van der Waals surface area contributed by atoms with Crippen molar-refractivity contribution >= 4 is 12.1 Å². The Bertz CT molecular complexity index is 702. The summed E-state index contributed by atoms with van der Waals surface area (Å²) in [4.78, 5) is 23.3. The molecule has 4 aliphatic carbocycles. The van der Waals surface area contributed by atoms with Crippen LogP contribution >= 0.6 is 0 Å². The maximum absolute atomic E-state index is 11.9. The van der Waals surface area contributed by atoms with Gasteiger partial charge in [-0.05, 0) is 80.8 Å². The number of allylic oxidation sites excluding steroid dienone is 2. The van der Waals surface area contributed by atoms with Crippen LogP contribution in [-0.2, 0) is 9.59 Å². The maximum Gasteiger partial charge on any atom is 0.155 e. The predicted octanol–water partition coefficient (Wildman–Crippen LogP) is 4.15. The van der Waals surface area contributed by atoms with Crippen molar-refractivity contribution in [3.05, 3.63) is 22.8 Å². The van der Waals surface area contributed by atoms with Gasteiger partial charge in [0.1, 0.15) is 6.29 Å². The van der Waals surface area contributed by atoms with Crippen LogP contribution < -0.4 is 0 Å². The van der Waals surface area contributed by atoms with Crippen molar-refractivity contribution < 1.29 is 14.7 Å². The fourth-order valence-electron chi connectivity index (χ4n) is 7.03. The standard InChI is InChI=1S/C22H30O3/c1-14(13-23)17-6-7-18-19-5-4-15-12-16(24)8-9-21(15,3)22(19,25)11-10-20(17,18)2/h12-13,18-19,25H,4-11H2,1-3H3/t18-,19-,20+,21-,22?/m0/s1. The number of rotatable bonds is 1. The fraction of sp³-hybridized carbons (Fsp3) is 0.727. The van der Waals surface area contributed by atoms with Crippen molar-refractivity contribution in [2.45, 2.75) is 77.7 Å². The molecule has 3 fully saturated rings. The Labute approximate surface area is 150 Å². The summed E-state index contributed by atoms with van der Waals surface area (Å²) in [5, 5.41) is 11.9. The van der Waals surface area contributed by atoms with Crippen LogP contribution in [0.4, 0.5) is 0 Å². The number of fused-ring (bicyclic) bond motifs is 5. The molecule has 0 heterocycles. The molecule has 4 aliphatic rings. The Morgan fingerprint density at radius 2 is 1.84 bits per heavy atom. The SMILES string of the molecule is CC(C=O)=C1CC[C@H]2[C@@H]3CCC4=CC(=O)CC[C@]4(C)C3(O)CC[C@]12C. The summed E-state index contributed by atoms with van der Waals surface area (Å²) in [6.45, 7) is 6.47. The van der Waals surface area contributed by atoms with Gasteiger partial charge in [-0.25, -0.2) is 0 Å². The molecule has 0 aromatic rings. The summed E-state index contributed by atoms with van der Waals surface area (Å²) in [6, 6.07) is 0. The summed E-state index contributed by atoms with van der Waals surface area (Å²) >= 11 is 0. The maximum atomic E-state index is 11.9. The van der Waals surface area contributed by atoms with Gasteiger partial charge in [0.2, 0.25) is 0 Å². The van der Waals surface area contributed by atoms with E-state index in [2.05, 4.69) is 13.8 Å². The molecule has 0 aromatic heterocycles. The van der Waals surface area contributed by atoms with Crippen LogP contribution in [0.5, 0.6) is 0 Å². The van der Waals surface area contributed by atoms with Crippen molar-refractivity contribution in [3.8, 4) is 0 Å². The highest BCUT2D eigenvalue weighted by Crippen LogP contribution is 2.68. The Hall–Kier alpha value is -1.22. The molecule has 1 N–H and O–H groups in total. The molecule has 0 aliphatic heterocycles. The first-order chi connectivity index (χ1) is 11.8. The van der Waals surface area contributed by atoms with E-state index in [4.69, 9.17) is 0 Å². The minimum absolute atomic E-state index is 0.0595. The van der Waals surface area contributed by atoms with Gasteiger partial charge in [-0.2, -0.15) is 0 Å². The summed E-state index contributed by atoms with van der Waals surface area (Å²) in [5.74, 6) is 0.952. The van der Waals surface area contributed by atoms with E-state index in [1.165, 1.54) is 11.1 Å². The summed E-state index contributed by atoms with van der Waals surface area (Å²) in [7, 11) is 0. The number of carbonyl (C=O) groups excluding carboxylic acids is 2. The van der Waals surface area contributed by atoms with Crippen LogP contribution in [0.1, 0.15) is 72.1 Å². The Balaban J connectivity index is 1.76. The Morgan fingerprint density at radius 3 is 2.56 bits per heavy atom. The highest BCUT2D eigenvalue weighted by Gasteiger charge is 2.64. The summed E-state index contributed by atoms with van der Waals surface area (Å²) in [5.41, 5.74) is 2.53. The number of aliphatic hydroxyl groups is 1. The highest BCUT2D eigenvalue weighted by atomic mass is 16.3. The smallest absolute Gasteiger partial charge is 0.155 e. The lowest BCUT2D eigenvalue weighted by atomic mass is 9.45. The third kappa shape index (κ3) is 2.08. The van der Waals surface area contributed by atoms with E-state index in [-0.39, 0.29) is 22.5 Å². The van der Waals surface area contributed by atoms with Gasteiger partial charge in [0, 0.05) is 11.8 Å². The Kier molecular flexibility index (Phi) is 3.71.